The SMILES string of the molecule is CC(C)CCN(CCC(C)C)C(=O)C1CCNCC1. The molecule has 0 atom stereocenters. The summed E-state index contributed by atoms with van der Waals surface area (Å²) in [6.07, 6.45) is 4.26. The zero-order valence-corrected chi connectivity index (χ0v) is 13.2. The van der Waals surface area contributed by atoms with Gasteiger partial charge in [0.15, 0.2) is 0 Å². The highest BCUT2D eigenvalue weighted by molar-refractivity contribution is 5.79. The van der Waals surface area contributed by atoms with Crippen molar-refractivity contribution in [3.05, 3.63) is 0 Å². The molecule has 1 N–H and O–H groups in total. The number of nitrogens with one attached hydrogen (secondary N) is 1. The molecule has 0 spiro atoms. The highest BCUT2D eigenvalue weighted by Gasteiger charge is 2.25. The predicted octanol–water partition coefficient (Wildman–Crippen LogP) is 2.91. The van der Waals surface area contributed by atoms with Crippen LogP contribution in [0.2, 0.25) is 0 Å². The van der Waals surface area contributed by atoms with Crippen LogP contribution in [0.1, 0.15) is 53.4 Å². The second-order valence-corrected chi connectivity index (χ2v) is 6.71. The van der Waals surface area contributed by atoms with E-state index in [1.165, 1.54) is 0 Å². The molecule has 0 aromatic rings. The van der Waals surface area contributed by atoms with Gasteiger partial charge in [-0.25, -0.2) is 0 Å². The van der Waals surface area contributed by atoms with E-state index in [9.17, 15) is 4.79 Å². The molecule has 0 radical (unpaired) electrons. The Kier molecular flexibility index (Phi) is 7.44. The van der Waals surface area contributed by atoms with Crippen molar-refractivity contribution in [2.24, 2.45) is 17.8 Å². The Labute approximate surface area is 119 Å². The van der Waals surface area contributed by atoms with Gasteiger partial charge in [0.25, 0.3) is 0 Å². The molecule has 1 aliphatic rings. The minimum Gasteiger partial charge on any atom is -0.342 e. The van der Waals surface area contributed by atoms with E-state index >= 15 is 0 Å². The van der Waals surface area contributed by atoms with Crippen LogP contribution in [0.25, 0.3) is 0 Å². The molecule has 19 heavy (non-hydrogen) atoms. The Hall–Kier alpha value is -0.570. The third-order valence-corrected chi connectivity index (χ3v) is 3.95. The molecule has 3 heteroatoms. The number of amides is 1. The summed E-state index contributed by atoms with van der Waals surface area (Å²) in [4.78, 5) is 14.8. The van der Waals surface area contributed by atoms with Crippen molar-refractivity contribution in [3.8, 4) is 0 Å². The number of rotatable bonds is 7. The lowest BCUT2D eigenvalue weighted by Gasteiger charge is -2.30. The van der Waals surface area contributed by atoms with Gasteiger partial charge in [-0.1, -0.05) is 27.7 Å². The van der Waals surface area contributed by atoms with Crippen LogP contribution < -0.4 is 5.32 Å². The van der Waals surface area contributed by atoms with Crippen molar-refractivity contribution < 1.29 is 4.79 Å². The summed E-state index contributed by atoms with van der Waals surface area (Å²) >= 11 is 0. The molecule has 1 aliphatic heterocycles. The van der Waals surface area contributed by atoms with E-state index in [1.54, 1.807) is 0 Å². The topological polar surface area (TPSA) is 32.3 Å². The number of carbonyl (C=O) groups excluding carboxylic acids is 1. The molecule has 112 valence electrons. The van der Waals surface area contributed by atoms with E-state index in [0.29, 0.717) is 17.7 Å². The molecule has 3 nitrogen and oxygen atoms in total. The first-order valence-corrected chi connectivity index (χ1v) is 8.00. The number of hydrogen-bond acceptors (Lipinski definition) is 2. The standard InChI is InChI=1S/C16H32N2O/c1-13(2)7-11-18(12-8-14(3)4)16(19)15-5-9-17-10-6-15/h13-15,17H,5-12H2,1-4H3. The molecule has 1 saturated heterocycles. The second-order valence-electron chi connectivity index (χ2n) is 6.71. The van der Waals surface area contributed by atoms with Crippen LogP contribution in [0.3, 0.4) is 0 Å². The van der Waals surface area contributed by atoms with Gasteiger partial charge in [-0.3, -0.25) is 4.79 Å². The molecule has 1 rings (SSSR count). The fourth-order valence-electron chi connectivity index (χ4n) is 2.49. The molecule has 0 aliphatic carbocycles. The Bertz CT molecular complexity index is 245. The van der Waals surface area contributed by atoms with Crippen molar-refractivity contribution in [1.29, 1.82) is 0 Å². The average molecular weight is 268 g/mol. The number of carbonyl (C=O) groups is 1. The fourth-order valence-corrected chi connectivity index (χ4v) is 2.49. The zero-order chi connectivity index (χ0) is 14.3. The summed E-state index contributed by atoms with van der Waals surface area (Å²) in [7, 11) is 0. The minimum atomic E-state index is 0.264. The number of nitrogens with zero attached hydrogens (tertiary/aromatic N) is 1. The lowest BCUT2D eigenvalue weighted by atomic mass is 9.96. The van der Waals surface area contributed by atoms with E-state index in [2.05, 4.69) is 37.9 Å². The van der Waals surface area contributed by atoms with Gasteiger partial charge in [0.2, 0.25) is 5.91 Å². The highest BCUT2D eigenvalue weighted by Crippen LogP contribution is 2.17. The molecule has 0 bridgehead atoms. The van der Waals surface area contributed by atoms with Gasteiger partial charge >= 0.3 is 0 Å². The van der Waals surface area contributed by atoms with E-state index in [4.69, 9.17) is 0 Å². The number of piperidine rings is 1. The van der Waals surface area contributed by atoms with Crippen LogP contribution in [-0.4, -0.2) is 37.0 Å². The largest absolute Gasteiger partial charge is 0.342 e. The van der Waals surface area contributed by atoms with Crippen LogP contribution in [0, 0.1) is 17.8 Å². The third kappa shape index (κ3) is 6.42. The van der Waals surface area contributed by atoms with E-state index in [-0.39, 0.29) is 5.92 Å². The van der Waals surface area contributed by atoms with Crippen molar-refractivity contribution in [2.45, 2.75) is 53.4 Å². The first-order valence-electron chi connectivity index (χ1n) is 8.00. The average Bonchev–Trinajstić information content (AvgIpc) is 2.38. The van der Waals surface area contributed by atoms with Gasteiger partial charge in [0.1, 0.15) is 0 Å². The molecule has 1 heterocycles. The Morgan fingerprint density at radius 3 is 1.95 bits per heavy atom. The van der Waals surface area contributed by atoms with Gasteiger partial charge in [-0.05, 0) is 50.6 Å². The molecule has 0 unspecified atom stereocenters. The van der Waals surface area contributed by atoms with E-state index in [1.807, 2.05) is 0 Å². The van der Waals surface area contributed by atoms with Crippen LogP contribution in [0.15, 0.2) is 0 Å². The summed E-state index contributed by atoms with van der Waals surface area (Å²) in [5.41, 5.74) is 0. The van der Waals surface area contributed by atoms with Crippen LogP contribution >= 0.6 is 0 Å². The lowest BCUT2D eigenvalue weighted by molar-refractivity contribution is -0.136. The van der Waals surface area contributed by atoms with Crippen LogP contribution in [0.4, 0.5) is 0 Å². The molecular weight excluding hydrogens is 236 g/mol. The second kappa shape index (κ2) is 8.57. The molecule has 0 saturated carbocycles. The summed E-state index contributed by atoms with van der Waals surface area (Å²) in [5.74, 6) is 2.01. The summed E-state index contributed by atoms with van der Waals surface area (Å²) in [6.45, 7) is 12.8. The quantitative estimate of drug-likeness (QED) is 0.770. The Morgan fingerprint density at radius 2 is 1.53 bits per heavy atom. The maximum Gasteiger partial charge on any atom is 0.225 e. The highest BCUT2D eigenvalue weighted by atomic mass is 16.2. The zero-order valence-electron chi connectivity index (χ0n) is 13.2. The summed E-state index contributed by atoms with van der Waals surface area (Å²) < 4.78 is 0. The number of hydrogen-bond donors (Lipinski definition) is 1. The predicted molar refractivity (Wildman–Crippen MR) is 81.1 cm³/mol. The molecule has 1 amide bonds. The molecule has 1 fully saturated rings. The smallest absolute Gasteiger partial charge is 0.225 e. The van der Waals surface area contributed by atoms with Crippen molar-refractivity contribution in [2.75, 3.05) is 26.2 Å². The summed E-state index contributed by atoms with van der Waals surface area (Å²) in [6, 6.07) is 0. The molecular formula is C16H32N2O. The first-order chi connectivity index (χ1) is 9.00. The van der Waals surface area contributed by atoms with Crippen LogP contribution in [0.5, 0.6) is 0 Å². The maximum atomic E-state index is 12.6. The van der Waals surface area contributed by atoms with Gasteiger partial charge in [-0.15, -0.1) is 0 Å². The minimum absolute atomic E-state index is 0.264. The van der Waals surface area contributed by atoms with Crippen molar-refractivity contribution >= 4 is 5.91 Å². The van der Waals surface area contributed by atoms with E-state index in [0.717, 1.165) is 51.9 Å². The Balaban J connectivity index is 2.51. The monoisotopic (exact) mass is 268 g/mol. The van der Waals surface area contributed by atoms with Gasteiger partial charge in [0, 0.05) is 19.0 Å². The molecule has 0 aromatic carbocycles. The normalized spacial score (nSPS) is 17.2. The van der Waals surface area contributed by atoms with Crippen molar-refractivity contribution in [3.63, 3.8) is 0 Å². The van der Waals surface area contributed by atoms with Gasteiger partial charge < -0.3 is 10.2 Å². The van der Waals surface area contributed by atoms with E-state index < -0.39 is 0 Å². The Morgan fingerprint density at radius 1 is 1.05 bits per heavy atom. The van der Waals surface area contributed by atoms with Gasteiger partial charge in [-0.2, -0.15) is 0 Å². The fraction of sp³-hybridized carbons (Fsp3) is 0.938. The third-order valence-electron chi connectivity index (χ3n) is 3.95. The lowest BCUT2D eigenvalue weighted by Crippen LogP contribution is -2.42. The van der Waals surface area contributed by atoms with Crippen molar-refractivity contribution in [1.82, 2.24) is 10.2 Å². The summed E-state index contributed by atoms with van der Waals surface area (Å²) in [5, 5.41) is 3.34. The van der Waals surface area contributed by atoms with Crippen LogP contribution in [-0.2, 0) is 4.79 Å². The van der Waals surface area contributed by atoms with Gasteiger partial charge in [0.05, 0.1) is 0 Å². The maximum absolute atomic E-state index is 12.6. The molecule has 0 aromatic heterocycles. The first kappa shape index (κ1) is 16.5.